The van der Waals surface area contributed by atoms with E-state index in [1.54, 1.807) is 19.1 Å². The van der Waals surface area contributed by atoms with Crippen molar-refractivity contribution in [3.63, 3.8) is 0 Å². The van der Waals surface area contributed by atoms with Crippen LogP contribution in [0.15, 0.2) is 24.3 Å². The van der Waals surface area contributed by atoms with Crippen LogP contribution in [0.25, 0.3) is 0 Å². The van der Waals surface area contributed by atoms with Gasteiger partial charge in [0, 0.05) is 0 Å². The zero-order valence-electron chi connectivity index (χ0n) is 11.7. The summed E-state index contributed by atoms with van der Waals surface area (Å²) in [6.45, 7) is 3.74. The second-order valence-electron chi connectivity index (χ2n) is 5.42. The van der Waals surface area contributed by atoms with Crippen molar-refractivity contribution in [2.45, 2.75) is 32.2 Å². The lowest BCUT2D eigenvalue weighted by Gasteiger charge is -2.23. The fraction of sp³-hybridized carbons (Fsp3) is 0.500. The number of sulfone groups is 1. The number of rotatable bonds is 3. The Morgan fingerprint density at radius 2 is 2.20 bits per heavy atom. The van der Waals surface area contributed by atoms with Crippen LogP contribution in [-0.4, -0.2) is 31.6 Å². The largest absolute Gasteiger partial charge is 0.413 e. The minimum absolute atomic E-state index is 0.0376. The third-order valence-electron chi connectivity index (χ3n) is 3.42. The molecule has 1 N–H and O–H groups in total. The third kappa shape index (κ3) is 3.72. The number of carbonyl (C=O) groups is 1. The molecule has 110 valence electrons. The van der Waals surface area contributed by atoms with E-state index in [-0.39, 0.29) is 11.5 Å². The number of aryl methyl sites for hydroxylation is 1. The van der Waals surface area contributed by atoms with Crippen LogP contribution < -0.4 is 10.1 Å². The summed E-state index contributed by atoms with van der Waals surface area (Å²) in [5.41, 5.74) is 0.336. The van der Waals surface area contributed by atoms with E-state index in [2.05, 4.69) is 5.32 Å². The first-order valence-electron chi connectivity index (χ1n) is 6.61. The molecular formula is C14H19NO4S. The lowest BCUT2D eigenvalue weighted by atomic mass is 10.0. The van der Waals surface area contributed by atoms with Crippen molar-refractivity contribution in [1.29, 1.82) is 0 Å². The summed E-state index contributed by atoms with van der Waals surface area (Å²) in [6, 6.07) is 7.28. The molecule has 1 fully saturated rings. The second kappa shape index (κ2) is 5.44. The molecule has 0 bridgehead atoms. The zero-order chi connectivity index (χ0) is 14.8. The highest BCUT2D eigenvalue weighted by atomic mass is 32.2. The minimum Gasteiger partial charge on any atom is -0.410 e. The molecule has 0 saturated carbocycles. The third-order valence-corrected chi connectivity index (χ3v) is 5.33. The molecule has 0 aliphatic carbocycles. The number of amides is 1. The fourth-order valence-electron chi connectivity index (χ4n) is 2.32. The Hall–Kier alpha value is -1.56. The Balaban J connectivity index is 1.99. The first-order chi connectivity index (χ1) is 9.32. The predicted molar refractivity (Wildman–Crippen MR) is 76.7 cm³/mol. The molecule has 1 heterocycles. The Morgan fingerprint density at radius 1 is 1.45 bits per heavy atom. The van der Waals surface area contributed by atoms with Crippen molar-refractivity contribution in [3.8, 4) is 5.75 Å². The average molecular weight is 297 g/mol. The molecule has 0 radical (unpaired) electrons. The molecule has 1 aliphatic rings. The summed E-state index contributed by atoms with van der Waals surface area (Å²) in [4.78, 5) is 11.9. The Morgan fingerprint density at radius 3 is 2.80 bits per heavy atom. The van der Waals surface area contributed by atoms with Crippen molar-refractivity contribution >= 4 is 15.9 Å². The van der Waals surface area contributed by atoms with Crippen LogP contribution in [0.3, 0.4) is 0 Å². The van der Waals surface area contributed by atoms with E-state index < -0.39 is 21.5 Å². The highest BCUT2D eigenvalue weighted by molar-refractivity contribution is 7.91. The van der Waals surface area contributed by atoms with Crippen molar-refractivity contribution in [2.24, 2.45) is 0 Å². The lowest BCUT2D eigenvalue weighted by molar-refractivity contribution is 0.189. The second-order valence-corrected chi connectivity index (χ2v) is 7.60. The normalized spacial score (nSPS) is 24.3. The molecule has 1 aromatic rings. The SMILES string of the molecule is CCc1cccc(OC(=O)NC2(C)CCS(=O)(=O)C2)c1. The monoisotopic (exact) mass is 297 g/mol. The van der Waals surface area contributed by atoms with Crippen LogP contribution in [0.2, 0.25) is 0 Å². The maximum absolute atomic E-state index is 11.9. The molecule has 20 heavy (non-hydrogen) atoms. The van der Waals surface area contributed by atoms with Crippen LogP contribution in [0.1, 0.15) is 25.8 Å². The summed E-state index contributed by atoms with van der Waals surface area (Å²) in [5.74, 6) is 0.533. The molecule has 1 amide bonds. The van der Waals surface area contributed by atoms with Gasteiger partial charge in [0.05, 0.1) is 17.0 Å². The van der Waals surface area contributed by atoms with Gasteiger partial charge in [0.15, 0.2) is 9.84 Å². The van der Waals surface area contributed by atoms with Crippen molar-refractivity contribution < 1.29 is 17.9 Å². The number of benzene rings is 1. The fourth-order valence-corrected chi connectivity index (χ4v) is 4.41. The van der Waals surface area contributed by atoms with E-state index in [0.29, 0.717) is 12.2 Å². The van der Waals surface area contributed by atoms with Gasteiger partial charge in [-0.15, -0.1) is 0 Å². The average Bonchev–Trinajstić information content (AvgIpc) is 2.63. The van der Waals surface area contributed by atoms with E-state index in [1.165, 1.54) is 0 Å². The molecule has 0 aromatic heterocycles. The quantitative estimate of drug-likeness (QED) is 0.925. The van der Waals surface area contributed by atoms with Crippen LogP contribution >= 0.6 is 0 Å². The predicted octanol–water partition coefficient (Wildman–Crippen LogP) is 1.91. The summed E-state index contributed by atoms with van der Waals surface area (Å²) < 4.78 is 28.2. The molecule has 1 aliphatic heterocycles. The van der Waals surface area contributed by atoms with Crippen LogP contribution in [0, 0.1) is 0 Å². The van der Waals surface area contributed by atoms with Gasteiger partial charge in [-0.1, -0.05) is 19.1 Å². The maximum atomic E-state index is 11.9. The Kier molecular flexibility index (Phi) is 4.04. The van der Waals surface area contributed by atoms with Crippen LogP contribution in [-0.2, 0) is 16.3 Å². The molecule has 1 aromatic carbocycles. The standard InChI is InChI=1S/C14H19NO4S/c1-3-11-5-4-6-12(9-11)19-13(16)15-14(2)7-8-20(17,18)10-14/h4-6,9H,3,7-8,10H2,1-2H3,(H,15,16). The Labute approximate surface area is 119 Å². The minimum atomic E-state index is -3.05. The molecule has 0 spiro atoms. The molecule has 2 rings (SSSR count). The number of nitrogens with one attached hydrogen (secondary N) is 1. The molecule has 1 saturated heterocycles. The van der Waals surface area contributed by atoms with Gasteiger partial charge in [-0.3, -0.25) is 0 Å². The summed E-state index contributed by atoms with van der Waals surface area (Å²) >= 11 is 0. The van der Waals surface area contributed by atoms with E-state index in [4.69, 9.17) is 4.74 Å². The van der Waals surface area contributed by atoms with Crippen LogP contribution in [0.4, 0.5) is 4.79 Å². The summed E-state index contributed by atoms with van der Waals surface area (Å²) in [5, 5.41) is 2.66. The van der Waals surface area contributed by atoms with Gasteiger partial charge in [0.1, 0.15) is 5.75 Å². The highest BCUT2D eigenvalue weighted by Gasteiger charge is 2.39. The lowest BCUT2D eigenvalue weighted by Crippen LogP contribution is -2.48. The zero-order valence-corrected chi connectivity index (χ0v) is 12.5. The van der Waals surface area contributed by atoms with Gasteiger partial charge < -0.3 is 10.1 Å². The van der Waals surface area contributed by atoms with Crippen LogP contribution in [0.5, 0.6) is 5.75 Å². The topological polar surface area (TPSA) is 72.5 Å². The first kappa shape index (κ1) is 14.8. The Bertz CT molecular complexity index is 611. The highest BCUT2D eigenvalue weighted by Crippen LogP contribution is 2.23. The van der Waals surface area contributed by atoms with Crippen molar-refractivity contribution in [3.05, 3.63) is 29.8 Å². The molecule has 1 atom stereocenters. The van der Waals surface area contributed by atoms with Gasteiger partial charge in [0.2, 0.25) is 0 Å². The van der Waals surface area contributed by atoms with E-state index >= 15 is 0 Å². The van der Waals surface area contributed by atoms with Gasteiger partial charge in [-0.25, -0.2) is 13.2 Å². The molecule has 5 nitrogen and oxygen atoms in total. The van der Waals surface area contributed by atoms with Gasteiger partial charge in [-0.05, 0) is 37.5 Å². The van der Waals surface area contributed by atoms with E-state index in [1.807, 2.05) is 19.1 Å². The van der Waals surface area contributed by atoms with Gasteiger partial charge in [-0.2, -0.15) is 0 Å². The maximum Gasteiger partial charge on any atom is 0.413 e. The summed E-state index contributed by atoms with van der Waals surface area (Å²) in [6.07, 6.45) is 0.659. The van der Waals surface area contributed by atoms with E-state index in [9.17, 15) is 13.2 Å². The first-order valence-corrected chi connectivity index (χ1v) is 8.43. The van der Waals surface area contributed by atoms with Gasteiger partial charge in [0.25, 0.3) is 0 Å². The van der Waals surface area contributed by atoms with E-state index in [0.717, 1.165) is 12.0 Å². The number of hydrogen-bond donors (Lipinski definition) is 1. The molecule has 1 unspecified atom stereocenters. The summed E-state index contributed by atoms with van der Waals surface area (Å²) in [7, 11) is -3.05. The number of hydrogen-bond acceptors (Lipinski definition) is 4. The van der Waals surface area contributed by atoms with Gasteiger partial charge >= 0.3 is 6.09 Å². The molecular weight excluding hydrogens is 278 g/mol. The number of carbonyl (C=O) groups excluding carboxylic acids is 1. The van der Waals surface area contributed by atoms with Crippen molar-refractivity contribution in [2.75, 3.05) is 11.5 Å². The molecule has 6 heteroatoms. The smallest absolute Gasteiger partial charge is 0.410 e. The number of ether oxygens (including phenoxy) is 1. The van der Waals surface area contributed by atoms with Crippen molar-refractivity contribution in [1.82, 2.24) is 5.32 Å².